The van der Waals surface area contributed by atoms with E-state index in [-0.39, 0.29) is 5.41 Å². The number of aromatic amines is 1. The van der Waals surface area contributed by atoms with Crippen LogP contribution in [0.25, 0.3) is 0 Å². The fraction of sp³-hybridized carbons (Fsp3) is 0.750. The van der Waals surface area contributed by atoms with Crippen molar-refractivity contribution < 1.29 is 0 Å². The summed E-state index contributed by atoms with van der Waals surface area (Å²) >= 11 is 5.18. The van der Waals surface area contributed by atoms with Crippen LogP contribution in [0.4, 0.5) is 0 Å². The summed E-state index contributed by atoms with van der Waals surface area (Å²) in [6.45, 7) is 0. The lowest BCUT2D eigenvalue weighted by atomic mass is 9.77. The van der Waals surface area contributed by atoms with Gasteiger partial charge in [-0.3, -0.25) is 19.4 Å². The molecule has 5 nitrogen and oxygen atoms in total. The monoisotopic (exact) mass is 347 g/mol. The molecule has 0 amide bonds. The Morgan fingerprint density at radius 2 is 2.05 bits per heavy atom. The van der Waals surface area contributed by atoms with Crippen LogP contribution in [0.15, 0.2) is 14.7 Å². The average molecular weight is 348 g/mol. The van der Waals surface area contributed by atoms with Gasteiger partial charge < -0.3 is 0 Å². The van der Waals surface area contributed by atoms with E-state index in [1.165, 1.54) is 36.8 Å². The van der Waals surface area contributed by atoms with Crippen LogP contribution in [0.1, 0.15) is 32.1 Å². The van der Waals surface area contributed by atoms with Crippen molar-refractivity contribution in [1.82, 2.24) is 14.8 Å². The van der Waals surface area contributed by atoms with E-state index in [4.69, 9.17) is 0 Å². The van der Waals surface area contributed by atoms with Crippen LogP contribution in [0.2, 0.25) is 0 Å². The third-order valence-corrected chi connectivity index (χ3v) is 6.22. The van der Waals surface area contributed by atoms with E-state index < -0.39 is 11.1 Å². The second-order valence-corrected chi connectivity index (χ2v) is 6.69. The molecular formula is C12H18BrN3O2S. The van der Waals surface area contributed by atoms with E-state index in [1.54, 1.807) is 18.8 Å². The maximum atomic E-state index is 11.3. The van der Waals surface area contributed by atoms with Gasteiger partial charge in [-0.15, -0.1) is 0 Å². The maximum absolute atomic E-state index is 11.3. The van der Waals surface area contributed by atoms with Crippen LogP contribution >= 0.6 is 27.7 Å². The molecule has 1 aliphatic rings. The standard InChI is InChI=1S/C12H18BrN3O2S/c1-16-11(14-9(17)10(18)15-16)19-8-12(7-13)5-3-2-4-6-12/h2-8H2,1H3,(H,15,18). The van der Waals surface area contributed by atoms with Crippen molar-refractivity contribution in [3.63, 3.8) is 0 Å². The topological polar surface area (TPSA) is 67.8 Å². The molecule has 0 atom stereocenters. The van der Waals surface area contributed by atoms with Crippen LogP contribution in [-0.2, 0) is 7.05 Å². The Bertz CT molecular complexity index is 549. The minimum Gasteiger partial charge on any atom is -0.265 e. The molecule has 0 aromatic carbocycles. The number of halogens is 1. The molecule has 2 rings (SSSR count). The van der Waals surface area contributed by atoms with Crippen molar-refractivity contribution in [3.05, 3.63) is 20.7 Å². The summed E-state index contributed by atoms with van der Waals surface area (Å²) in [5.41, 5.74) is -1.09. The number of H-pyrrole nitrogens is 1. The predicted octanol–water partition coefficient (Wildman–Crippen LogP) is 1.91. The van der Waals surface area contributed by atoms with E-state index in [0.29, 0.717) is 5.16 Å². The van der Waals surface area contributed by atoms with Crippen LogP contribution < -0.4 is 11.1 Å². The smallest absolute Gasteiger partial charge is 0.265 e. The van der Waals surface area contributed by atoms with Crippen molar-refractivity contribution >= 4 is 27.7 Å². The number of nitrogens with one attached hydrogen (secondary N) is 1. The summed E-state index contributed by atoms with van der Waals surface area (Å²) in [6, 6.07) is 0. The van der Waals surface area contributed by atoms with Crippen LogP contribution in [0, 0.1) is 5.41 Å². The van der Waals surface area contributed by atoms with Gasteiger partial charge in [0.1, 0.15) is 0 Å². The highest BCUT2D eigenvalue weighted by Crippen LogP contribution is 2.41. The van der Waals surface area contributed by atoms with Gasteiger partial charge in [0.05, 0.1) is 0 Å². The van der Waals surface area contributed by atoms with Gasteiger partial charge in [-0.05, 0) is 18.3 Å². The van der Waals surface area contributed by atoms with E-state index in [0.717, 1.165) is 11.1 Å². The molecule has 1 N–H and O–H groups in total. The summed E-state index contributed by atoms with van der Waals surface area (Å²) in [5.74, 6) is 0.921. The Hall–Kier alpha value is -0.560. The zero-order valence-electron chi connectivity index (χ0n) is 10.9. The molecule has 0 aliphatic heterocycles. The summed E-state index contributed by atoms with van der Waals surface area (Å²) in [6.07, 6.45) is 6.27. The molecule has 0 spiro atoms. The lowest BCUT2D eigenvalue weighted by Gasteiger charge is -2.35. The highest BCUT2D eigenvalue weighted by atomic mass is 79.9. The zero-order valence-corrected chi connectivity index (χ0v) is 13.3. The fourth-order valence-electron chi connectivity index (χ4n) is 2.43. The number of aromatic nitrogens is 3. The molecule has 1 saturated carbocycles. The van der Waals surface area contributed by atoms with Crippen LogP contribution in [0.3, 0.4) is 0 Å². The van der Waals surface area contributed by atoms with Crippen LogP contribution in [-0.4, -0.2) is 25.8 Å². The first kappa shape index (κ1) is 14.8. The molecule has 0 radical (unpaired) electrons. The minimum absolute atomic E-state index is 0.288. The predicted molar refractivity (Wildman–Crippen MR) is 80.1 cm³/mol. The third kappa shape index (κ3) is 3.51. The Kier molecular flexibility index (Phi) is 4.89. The molecular weight excluding hydrogens is 330 g/mol. The second kappa shape index (κ2) is 6.26. The van der Waals surface area contributed by atoms with Crippen molar-refractivity contribution in [2.45, 2.75) is 37.3 Å². The highest BCUT2D eigenvalue weighted by Gasteiger charge is 2.31. The number of thioether (sulfide) groups is 1. The first-order valence-electron chi connectivity index (χ1n) is 6.42. The molecule has 0 saturated heterocycles. The SMILES string of the molecule is Cn1[nH]c(=O)c(=O)nc1SCC1(CBr)CCCCC1. The lowest BCUT2D eigenvalue weighted by Crippen LogP contribution is -2.34. The molecule has 1 fully saturated rings. The van der Waals surface area contributed by atoms with E-state index in [2.05, 4.69) is 26.0 Å². The molecule has 1 aromatic rings. The highest BCUT2D eigenvalue weighted by molar-refractivity contribution is 9.09. The van der Waals surface area contributed by atoms with Crippen molar-refractivity contribution in [2.75, 3.05) is 11.1 Å². The largest absolute Gasteiger partial charge is 0.339 e. The first-order valence-corrected chi connectivity index (χ1v) is 8.53. The van der Waals surface area contributed by atoms with Crippen molar-refractivity contribution in [1.29, 1.82) is 0 Å². The molecule has 1 aliphatic carbocycles. The number of nitrogens with zero attached hydrogens (tertiary/aromatic N) is 2. The summed E-state index contributed by atoms with van der Waals surface area (Å²) in [7, 11) is 1.71. The normalized spacial score (nSPS) is 18.4. The van der Waals surface area contributed by atoms with Gasteiger partial charge in [-0.2, -0.15) is 4.98 Å². The van der Waals surface area contributed by atoms with Crippen molar-refractivity contribution in [3.8, 4) is 0 Å². The Labute approximate surface area is 124 Å². The van der Waals surface area contributed by atoms with Gasteiger partial charge in [0.25, 0.3) is 0 Å². The number of hydrogen-bond acceptors (Lipinski definition) is 4. The fourth-order valence-corrected chi connectivity index (χ4v) is 4.66. The van der Waals surface area contributed by atoms with Gasteiger partial charge in [-0.1, -0.05) is 47.0 Å². The quantitative estimate of drug-likeness (QED) is 0.513. The first-order chi connectivity index (χ1) is 9.06. The van der Waals surface area contributed by atoms with Gasteiger partial charge in [0.15, 0.2) is 5.16 Å². The van der Waals surface area contributed by atoms with E-state index >= 15 is 0 Å². The molecule has 106 valence electrons. The zero-order chi connectivity index (χ0) is 13.9. The average Bonchev–Trinajstić information content (AvgIpc) is 2.42. The molecule has 7 heteroatoms. The minimum atomic E-state index is -0.711. The Morgan fingerprint density at radius 1 is 1.37 bits per heavy atom. The molecule has 1 heterocycles. The van der Waals surface area contributed by atoms with Crippen LogP contribution in [0.5, 0.6) is 0 Å². The molecule has 0 unspecified atom stereocenters. The van der Waals surface area contributed by atoms with Gasteiger partial charge in [-0.25, -0.2) is 0 Å². The van der Waals surface area contributed by atoms with Crippen molar-refractivity contribution in [2.24, 2.45) is 12.5 Å². The van der Waals surface area contributed by atoms with E-state index in [9.17, 15) is 9.59 Å². The third-order valence-electron chi connectivity index (χ3n) is 3.65. The Balaban J connectivity index is 2.11. The lowest BCUT2D eigenvalue weighted by molar-refractivity contribution is 0.260. The maximum Gasteiger partial charge on any atom is 0.339 e. The number of rotatable bonds is 4. The number of hydrogen-bond donors (Lipinski definition) is 1. The summed E-state index contributed by atoms with van der Waals surface area (Å²) in [5, 5.41) is 4.03. The molecule has 1 aromatic heterocycles. The van der Waals surface area contributed by atoms with Gasteiger partial charge >= 0.3 is 11.1 Å². The summed E-state index contributed by atoms with van der Waals surface area (Å²) in [4.78, 5) is 26.3. The summed E-state index contributed by atoms with van der Waals surface area (Å²) < 4.78 is 1.53. The van der Waals surface area contributed by atoms with Gasteiger partial charge in [0, 0.05) is 18.1 Å². The molecule has 0 bridgehead atoms. The van der Waals surface area contributed by atoms with Gasteiger partial charge in [0.2, 0.25) is 0 Å². The second-order valence-electron chi connectivity index (χ2n) is 5.18. The number of alkyl halides is 1. The molecule has 19 heavy (non-hydrogen) atoms. The Morgan fingerprint density at radius 3 is 2.68 bits per heavy atom. The number of aryl methyl sites for hydroxylation is 1. The van der Waals surface area contributed by atoms with E-state index in [1.807, 2.05) is 0 Å².